The minimum atomic E-state index is -0.917. The highest BCUT2D eigenvalue weighted by Crippen LogP contribution is 2.43. The Hall–Kier alpha value is -3.27. The molecule has 4 aliphatic heterocycles. The number of anilines is 2. The average Bonchev–Trinajstić information content (AvgIpc) is 3.22. The number of nitrogens with one attached hydrogen (secondary N) is 4. The molecule has 4 aliphatic rings. The summed E-state index contributed by atoms with van der Waals surface area (Å²) in [6, 6.07) is 15.5. The fourth-order valence-corrected chi connectivity index (χ4v) is 9.55. The summed E-state index contributed by atoms with van der Waals surface area (Å²) in [5.41, 5.74) is 1.25. The normalized spacial score (nSPS) is 27.3. The maximum absolute atomic E-state index is 14.0. The third kappa shape index (κ3) is 5.79. The van der Waals surface area contributed by atoms with E-state index in [-0.39, 0.29) is 46.2 Å². The average molecular weight is 615 g/mol. The zero-order valence-electron chi connectivity index (χ0n) is 28.4. The van der Waals surface area contributed by atoms with Gasteiger partial charge in [0.1, 0.15) is 11.1 Å². The summed E-state index contributed by atoms with van der Waals surface area (Å²) in [7, 11) is 0. The van der Waals surface area contributed by atoms with Crippen molar-refractivity contribution in [3.63, 3.8) is 0 Å². The molecule has 4 fully saturated rings. The highest BCUT2D eigenvalue weighted by molar-refractivity contribution is 6.23. The van der Waals surface area contributed by atoms with Gasteiger partial charge in [-0.05, 0) is 130 Å². The van der Waals surface area contributed by atoms with Crippen LogP contribution >= 0.6 is 0 Å². The van der Waals surface area contributed by atoms with Gasteiger partial charge >= 0.3 is 6.03 Å². The second-order valence-corrected chi connectivity index (χ2v) is 16.7. The SMILES string of the molecule is C[C@@H]1NC2(CC(C)(C)NC(C)(C)C2)C(=O)N1c1ccc(Cc2ccc(N3C(=O)NC4(CC(C)(C)NC(C)(C)C4)C3=O)cc2)cc1. The van der Waals surface area contributed by atoms with Gasteiger partial charge in [0, 0.05) is 27.8 Å². The first-order chi connectivity index (χ1) is 20.7. The molecular weight excluding hydrogens is 564 g/mol. The maximum Gasteiger partial charge on any atom is 0.329 e. The Labute approximate surface area is 267 Å². The maximum atomic E-state index is 14.0. The predicted octanol–water partition coefficient (Wildman–Crippen LogP) is 4.97. The lowest BCUT2D eigenvalue weighted by Gasteiger charge is -2.50. The van der Waals surface area contributed by atoms with Crippen LogP contribution < -0.4 is 31.1 Å². The van der Waals surface area contributed by atoms with Crippen molar-refractivity contribution >= 4 is 29.2 Å². The van der Waals surface area contributed by atoms with Crippen molar-refractivity contribution < 1.29 is 14.4 Å². The van der Waals surface area contributed by atoms with Crippen LogP contribution in [0.25, 0.3) is 0 Å². The van der Waals surface area contributed by atoms with Crippen LogP contribution in [0.1, 0.15) is 99.1 Å². The number of benzene rings is 2. The van der Waals surface area contributed by atoms with Gasteiger partial charge < -0.3 is 16.0 Å². The van der Waals surface area contributed by atoms with E-state index >= 15 is 0 Å². The monoisotopic (exact) mass is 614 g/mol. The molecular formula is C36H50N6O3. The van der Waals surface area contributed by atoms with Gasteiger partial charge in [-0.15, -0.1) is 0 Å². The molecule has 4 amide bonds. The van der Waals surface area contributed by atoms with Gasteiger partial charge in [0.05, 0.1) is 11.9 Å². The molecule has 4 heterocycles. The van der Waals surface area contributed by atoms with Crippen LogP contribution in [0.5, 0.6) is 0 Å². The summed E-state index contributed by atoms with van der Waals surface area (Å²) in [6.07, 6.45) is 3.12. The minimum Gasteiger partial charge on any atom is -0.323 e. The summed E-state index contributed by atoms with van der Waals surface area (Å²) < 4.78 is 0. The Morgan fingerprint density at radius 1 is 0.622 bits per heavy atom. The molecule has 0 aromatic heterocycles. The number of hydrogen-bond donors (Lipinski definition) is 4. The van der Waals surface area contributed by atoms with Crippen molar-refractivity contribution in [1.82, 2.24) is 21.3 Å². The molecule has 2 spiro atoms. The van der Waals surface area contributed by atoms with Crippen LogP contribution in [0.3, 0.4) is 0 Å². The molecule has 9 heteroatoms. The minimum absolute atomic E-state index is 0.104. The Balaban J connectivity index is 1.15. The molecule has 242 valence electrons. The van der Waals surface area contributed by atoms with Crippen LogP contribution in [0.4, 0.5) is 16.2 Å². The van der Waals surface area contributed by atoms with Crippen molar-refractivity contribution in [3.8, 4) is 0 Å². The Morgan fingerprint density at radius 2 is 1.04 bits per heavy atom. The van der Waals surface area contributed by atoms with Crippen molar-refractivity contribution in [1.29, 1.82) is 0 Å². The Bertz CT molecular complexity index is 1490. The first-order valence-electron chi connectivity index (χ1n) is 16.3. The van der Waals surface area contributed by atoms with Crippen LogP contribution in [0, 0.1) is 0 Å². The third-order valence-corrected chi connectivity index (χ3v) is 9.81. The summed E-state index contributed by atoms with van der Waals surface area (Å²) in [5.74, 6) is -0.0445. The van der Waals surface area contributed by atoms with Gasteiger partial charge in [0.25, 0.3) is 5.91 Å². The van der Waals surface area contributed by atoms with Gasteiger partial charge in [-0.2, -0.15) is 0 Å². The standard InChI is InChI=1S/C36H50N6O3/c1-23-37-35(19-31(2,3)39-32(4,5)20-35)28(43)41(23)26-14-10-24(11-15-26)18-25-12-16-27(17-13-25)42-29(44)36(38-30(42)45)21-33(6,7)40-34(8,9)22-36/h10-17,23,37,39-40H,18-22H2,1-9H3,(H,38,45)/t23-/m1/s1. The van der Waals surface area contributed by atoms with Gasteiger partial charge in [-0.25, -0.2) is 9.69 Å². The molecule has 0 aliphatic carbocycles. The quantitative estimate of drug-likeness (QED) is 0.363. The number of imide groups is 1. The Kier molecular flexibility index (Phi) is 7.12. The van der Waals surface area contributed by atoms with Crippen molar-refractivity contribution in [2.45, 2.75) is 134 Å². The van der Waals surface area contributed by atoms with Crippen molar-refractivity contribution in [2.24, 2.45) is 0 Å². The first-order valence-corrected chi connectivity index (χ1v) is 16.3. The summed E-state index contributed by atoms with van der Waals surface area (Å²) in [4.78, 5) is 44.1. The number of nitrogens with zero attached hydrogens (tertiary/aromatic N) is 2. The van der Waals surface area contributed by atoms with Gasteiger partial charge in [-0.1, -0.05) is 24.3 Å². The fourth-order valence-electron chi connectivity index (χ4n) is 9.55. The summed E-state index contributed by atoms with van der Waals surface area (Å²) in [6.45, 7) is 19.0. The van der Waals surface area contributed by atoms with Crippen LogP contribution in [0.2, 0.25) is 0 Å². The van der Waals surface area contributed by atoms with Crippen molar-refractivity contribution in [3.05, 3.63) is 59.7 Å². The van der Waals surface area contributed by atoms with Gasteiger partial charge in [-0.3, -0.25) is 19.8 Å². The van der Waals surface area contributed by atoms with E-state index in [1.807, 2.05) is 41.3 Å². The fraction of sp³-hybridized carbons (Fsp3) is 0.583. The summed E-state index contributed by atoms with van der Waals surface area (Å²) in [5, 5.41) is 14.0. The lowest BCUT2D eigenvalue weighted by atomic mass is 9.70. The predicted molar refractivity (Wildman–Crippen MR) is 178 cm³/mol. The Morgan fingerprint density at radius 3 is 1.51 bits per heavy atom. The number of carbonyl (C=O) groups is 3. The number of carbonyl (C=O) groups excluding carboxylic acids is 3. The zero-order chi connectivity index (χ0) is 32.8. The van der Waals surface area contributed by atoms with E-state index in [2.05, 4.69) is 95.7 Å². The number of rotatable bonds is 4. The van der Waals surface area contributed by atoms with Crippen LogP contribution in [0.15, 0.2) is 48.5 Å². The van der Waals surface area contributed by atoms with Gasteiger partial charge in [0.15, 0.2) is 0 Å². The zero-order valence-corrected chi connectivity index (χ0v) is 28.4. The molecule has 0 radical (unpaired) electrons. The van der Waals surface area contributed by atoms with E-state index in [0.29, 0.717) is 24.9 Å². The van der Waals surface area contributed by atoms with E-state index in [0.717, 1.165) is 29.7 Å². The highest BCUT2D eigenvalue weighted by atomic mass is 16.2. The molecule has 4 saturated heterocycles. The molecule has 0 bridgehead atoms. The van der Waals surface area contributed by atoms with Crippen LogP contribution in [-0.2, 0) is 16.0 Å². The lowest BCUT2D eigenvalue weighted by molar-refractivity contribution is -0.126. The first kappa shape index (κ1) is 31.7. The second kappa shape index (κ2) is 10.1. The lowest BCUT2D eigenvalue weighted by Crippen LogP contribution is -2.68. The molecule has 0 saturated carbocycles. The topological polar surface area (TPSA) is 106 Å². The van der Waals surface area contributed by atoms with E-state index in [1.54, 1.807) is 0 Å². The highest BCUT2D eigenvalue weighted by Gasteiger charge is 2.59. The molecule has 9 nitrogen and oxygen atoms in total. The smallest absolute Gasteiger partial charge is 0.323 e. The second-order valence-electron chi connectivity index (χ2n) is 16.7. The van der Waals surface area contributed by atoms with Crippen molar-refractivity contribution in [2.75, 3.05) is 9.80 Å². The number of piperidine rings is 2. The van der Waals surface area contributed by atoms with E-state index in [9.17, 15) is 14.4 Å². The van der Waals surface area contributed by atoms with Crippen LogP contribution in [-0.4, -0.2) is 57.2 Å². The summed E-state index contributed by atoms with van der Waals surface area (Å²) >= 11 is 0. The molecule has 1 atom stereocenters. The molecule has 0 unspecified atom stereocenters. The van der Waals surface area contributed by atoms with Gasteiger partial charge in [0.2, 0.25) is 5.91 Å². The molecule has 45 heavy (non-hydrogen) atoms. The number of urea groups is 1. The van der Waals surface area contributed by atoms with E-state index in [4.69, 9.17) is 0 Å². The molecule has 2 aromatic rings. The molecule has 2 aromatic carbocycles. The molecule has 6 rings (SSSR count). The third-order valence-electron chi connectivity index (χ3n) is 9.81. The van der Waals surface area contributed by atoms with E-state index < -0.39 is 11.1 Å². The van der Waals surface area contributed by atoms with E-state index in [1.165, 1.54) is 4.90 Å². The number of amides is 4. The number of hydrogen-bond acceptors (Lipinski definition) is 6. The largest absolute Gasteiger partial charge is 0.329 e. The molecule has 4 N–H and O–H groups in total.